The third kappa shape index (κ3) is 4.60. The molecule has 1 fully saturated rings. The molecule has 1 amide bonds. The number of nitriles is 1. The van der Waals surface area contributed by atoms with Crippen LogP contribution in [0.1, 0.15) is 37.4 Å². The van der Waals surface area contributed by atoms with Crippen molar-refractivity contribution in [3.63, 3.8) is 0 Å². The number of benzene rings is 1. The normalized spacial score (nSPS) is 19.1. The minimum atomic E-state index is -0.114. The van der Waals surface area contributed by atoms with Crippen LogP contribution in [0.25, 0.3) is 0 Å². The van der Waals surface area contributed by atoms with Gasteiger partial charge >= 0.3 is 0 Å². The summed E-state index contributed by atoms with van der Waals surface area (Å²) in [5, 5.41) is 19.7. The maximum atomic E-state index is 12.4. The quantitative estimate of drug-likeness (QED) is 0.842. The van der Waals surface area contributed by atoms with Crippen LogP contribution in [0.2, 0.25) is 0 Å². The summed E-state index contributed by atoms with van der Waals surface area (Å²) < 4.78 is 0. The highest BCUT2D eigenvalue weighted by Crippen LogP contribution is 2.24. The van der Waals surface area contributed by atoms with Gasteiger partial charge in [0.05, 0.1) is 0 Å². The van der Waals surface area contributed by atoms with E-state index >= 15 is 0 Å². The highest BCUT2D eigenvalue weighted by atomic mass is 16.1. The number of carbonyl (C=O) groups excluding carboxylic acids is 1. The van der Waals surface area contributed by atoms with Crippen molar-refractivity contribution in [1.82, 2.24) is 10.2 Å². The van der Waals surface area contributed by atoms with Crippen LogP contribution >= 0.6 is 0 Å². The van der Waals surface area contributed by atoms with Gasteiger partial charge in [0.15, 0.2) is 11.5 Å². The Bertz CT molecular complexity index is 825. The minimum Gasteiger partial charge on any atom is -0.353 e. The Hall–Kier alpha value is -2.98. The predicted octanol–water partition coefficient (Wildman–Crippen LogP) is 2.26. The molecule has 7 heteroatoms. The molecule has 1 aliphatic heterocycles. The Kier molecular flexibility index (Phi) is 5.67. The summed E-state index contributed by atoms with van der Waals surface area (Å²) in [6, 6.07) is 13.2. The number of hydrogen-bond donors (Lipinski definition) is 2. The molecular weight excluding hydrogens is 340 g/mol. The highest BCUT2D eigenvalue weighted by molar-refractivity contribution is 5.91. The lowest BCUT2D eigenvalue weighted by atomic mass is 10.00. The van der Waals surface area contributed by atoms with Crippen LogP contribution in [0.15, 0.2) is 36.4 Å². The molecule has 140 valence electrons. The molecule has 3 N–H and O–H groups in total. The summed E-state index contributed by atoms with van der Waals surface area (Å²) >= 11 is 0. The zero-order valence-corrected chi connectivity index (χ0v) is 15.6. The van der Waals surface area contributed by atoms with Crippen molar-refractivity contribution >= 4 is 17.4 Å². The number of nitrogens with one attached hydrogen (secondary N) is 1. The van der Waals surface area contributed by atoms with Crippen molar-refractivity contribution in [2.75, 3.05) is 23.3 Å². The second kappa shape index (κ2) is 8.14. The first-order valence-corrected chi connectivity index (χ1v) is 9.10. The van der Waals surface area contributed by atoms with Crippen molar-refractivity contribution in [3.05, 3.63) is 47.7 Å². The smallest absolute Gasteiger partial charge is 0.224 e. The van der Waals surface area contributed by atoms with E-state index in [2.05, 4.69) is 29.4 Å². The number of nitrogens with zero attached hydrogens (tertiary/aromatic N) is 4. The summed E-state index contributed by atoms with van der Waals surface area (Å²) in [6.45, 7) is 5.53. The summed E-state index contributed by atoms with van der Waals surface area (Å²) in [6.07, 6.45) is 0.354. The van der Waals surface area contributed by atoms with Crippen molar-refractivity contribution < 1.29 is 4.79 Å². The molecule has 27 heavy (non-hydrogen) atoms. The molecule has 3 rings (SSSR count). The second-order valence-electron chi connectivity index (χ2n) is 7.25. The summed E-state index contributed by atoms with van der Waals surface area (Å²) in [5.41, 5.74) is 8.55. The minimum absolute atomic E-state index is 0.0392. The topological polar surface area (TPSA) is 108 Å². The summed E-state index contributed by atoms with van der Waals surface area (Å²) in [7, 11) is 0. The van der Waals surface area contributed by atoms with Gasteiger partial charge in [-0.15, -0.1) is 10.2 Å². The van der Waals surface area contributed by atoms with E-state index in [1.807, 2.05) is 35.2 Å². The molecule has 1 aromatic carbocycles. The molecule has 0 saturated carbocycles. The van der Waals surface area contributed by atoms with E-state index in [4.69, 9.17) is 11.0 Å². The third-order valence-electron chi connectivity index (χ3n) is 4.89. The molecular formula is C20H24N6O. The van der Waals surface area contributed by atoms with Crippen molar-refractivity contribution in [1.29, 1.82) is 5.26 Å². The molecule has 0 radical (unpaired) electrons. The fraction of sp³-hybridized carbons (Fsp3) is 0.400. The predicted molar refractivity (Wildman–Crippen MR) is 104 cm³/mol. The van der Waals surface area contributed by atoms with Crippen LogP contribution in [0.3, 0.4) is 0 Å². The number of nitrogens with two attached hydrogens (primary N) is 1. The fourth-order valence-electron chi connectivity index (χ4n) is 3.25. The highest BCUT2D eigenvalue weighted by Gasteiger charge is 2.32. The number of carbonyl (C=O) groups is 1. The van der Waals surface area contributed by atoms with E-state index in [0.717, 1.165) is 5.69 Å². The van der Waals surface area contributed by atoms with Gasteiger partial charge in [-0.1, -0.05) is 26.0 Å². The van der Waals surface area contributed by atoms with E-state index in [1.165, 1.54) is 5.56 Å². The average molecular weight is 364 g/mol. The number of hydrogen-bond acceptors (Lipinski definition) is 6. The van der Waals surface area contributed by atoms with Gasteiger partial charge in [0.25, 0.3) is 0 Å². The Morgan fingerprint density at radius 3 is 2.59 bits per heavy atom. The Morgan fingerprint density at radius 1 is 1.26 bits per heavy atom. The lowest BCUT2D eigenvalue weighted by Gasteiger charge is -2.16. The van der Waals surface area contributed by atoms with Crippen LogP contribution in [0, 0.1) is 17.2 Å². The molecule has 1 aromatic heterocycles. The van der Waals surface area contributed by atoms with E-state index in [0.29, 0.717) is 31.2 Å². The zero-order valence-electron chi connectivity index (χ0n) is 15.6. The zero-order chi connectivity index (χ0) is 19.4. The number of rotatable bonds is 5. The van der Waals surface area contributed by atoms with Gasteiger partial charge in [-0.3, -0.25) is 4.79 Å². The lowest BCUT2D eigenvalue weighted by molar-refractivity contribution is -0.117. The fourth-order valence-corrected chi connectivity index (χ4v) is 3.25. The molecule has 0 aliphatic carbocycles. The van der Waals surface area contributed by atoms with E-state index < -0.39 is 0 Å². The Morgan fingerprint density at radius 2 is 2.00 bits per heavy atom. The van der Waals surface area contributed by atoms with Crippen LogP contribution in [0.4, 0.5) is 11.5 Å². The maximum Gasteiger partial charge on any atom is 0.224 e. The van der Waals surface area contributed by atoms with Crippen LogP contribution < -0.4 is 16.0 Å². The monoisotopic (exact) mass is 364 g/mol. The van der Waals surface area contributed by atoms with Gasteiger partial charge in [-0.25, -0.2) is 0 Å². The number of amides is 1. The standard InChI is InChI=1S/C20H24N6O/c1-13(2)14-3-5-16(6-4-14)23-20(27)9-15-11-26(12-18(15)22)19-8-7-17(10-21)24-25-19/h3-8,13,15,18H,9,11-12,22H2,1-2H3,(H,23,27)/t15?,18-/m1/s1. The van der Waals surface area contributed by atoms with Gasteiger partial charge in [-0.05, 0) is 35.7 Å². The molecule has 0 bridgehead atoms. The lowest BCUT2D eigenvalue weighted by Crippen LogP contribution is -2.32. The molecule has 1 unspecified atom stereocenters. The van der Waals surface area contributed by atoms with Crippen molar-refractivity contribution in [3.8, 4) is 6.07 Å². The largest absolute Gasteiger partial charge is 0.353 e. The van der Waals surface area contributed by atoms with Crippen LogP contribution in [-0.2, 0) is 4.79 Å². The molecule has 1 aliphatic rings. The SMILES string of the molecule is CC(C)c1ccc(NC(=O)CC2CN(c3ccc(C#N)nn3)C[C@H]2N)cc1. The van der Waals surface area contributed by atoms with Gasteiger partial charge in [-0.2, -0.15) is 5.26 Å². The molecule has 7 nitrogen and oxygen atoms in total. The average Bonchev–Trinajstić information content (AvgIpc) is 3.02. The Labute approximate surface area is 159 Å². The van der Waals surface area contributed by atoms with Crippen LogP contribution in [0.5, 0.6) is 0 Å². The summed E-state index contributed by atoms with van der Waals surface area (Å²) in [5.74, 6) is 1.14. The van der Waals surface area contributed by atoms with Crippen LogP contribution in [-0.4, -0.2) is 35.2 Å². The number of aromatic nitrogens is 2. The first-order chi connectivity index (χ1) is 13.0. The van der Waals surface area contributed by atoms with E-state index in [1.54, 1.807) is 12.1 Å². The van der Waals surface area contributed by atoms with Gasteiger partial charge < -0.3 is 16.0 Å². The molecule has 2 atom stereocenters. The van der Waals surface area contributed by atoms with Gasteiger partial charge in [0.1, 0.15) is 6.07 Å². The number of anilines is 2. The van der Waals surface area contributed by atoms with Crippen molar-refractivity contribution in [2.45, 2.75) is 32.2 Å². The molecule has 0 spiro atoms. The van der Waals surface area contributed by atoms with Gasteiger partial charge in [0, 0.05) is 37.2 Å². The molecule has 2 heterocycles. The molecule has 1 saturated heterocycles. The summed E-state index contributed by atoms with van der Waals surface area (Å²) in [4.78, 5) is 14.4. The van der Waals surface area contributed by atoms with Gasteiger partial charge in [0.2, 0.25) is 5.91 Å². The third-order valence-corrected chi connectivity index (χ3v) is 4.89. The molecule has 2 aromatic rings. The second-order valence-corrected chi connectivity index (χ2v) is 7.25. The van der Waals surface area contributed by atoms with E-state index in [-0.39, 0.29) is 23.6 Å². The van der Waals surface area contributed by atoms with E-state index in [9.17, 15) is 4.79 Å². The maximum absolute atomic E-state index is 12.4. The Balaban J connectivity index is 1.56. The first-order valence-electron chi connectivity index (χ1n) is 9.10. The van der Waals surface area contributed by atoms with Crippen molar-refractivity contribution in [2.24, 2.45) is 11.7 Å². The first kappa shape index (κ1) is 18.8.